The number of nitrogens with zero attached hydrogens (tertiary/aromatic N) is 1. The second-order valence-electron chi connectivity index (χ2n) is 4.71. The normalized spacial score (nSPS) is 11.3. The molecule has 0 saturated heterocycles. The lowest BCUT2D eigenvalue weighted by Crippen LogP contribution is -2.06. The average molecular weight is 300 g/mol. The van der Waals surface area contributed by atoms with Crippen molar-refractivity contribution in [1.82, 2.24) is 9.97 Å². The van der Waals surface area contributed by atoms with Gasteiger partial charge in [0.15, 0.2) is 0 Å². The van der Waals surface area contributed by atoms with Crippen molar-refractivity contribution < 1.29 is 13.2 Å². The fraction of sp³-hybridized carbons (Fsp3) is 0.118. The maximum atomic E-state index is 13.2. The van der Waals surface area contributed by atoms with Crippen LogP contribution in [0.3, 0.4) is 0 Å². The first-order valence-electron chi connectivity index (χ1n) is 6.58. The molecule has 1 aromatic carbocycles. The summed E-state index contributed by atoms with van der Waals surface area (Å²) in [7, 11) is 0. The highest BCUT2D eigenvalue weighted by atomic mass is 19.4. The van der Waals surface area contributed by atoms with Gasteiger partial charge in [-0.2, -0.15) is 13.2 Å². The molecule has 22 heavy (non-hydrogen) atoms. The number of alkyl halides is 3. The van der Waals surface area contributed by atoms with Crippen LogP contribution in [0.1, 0.15) is 18.2 Å². The molecular formula is C17H11F3N2. The van der Waals surface area contributed by atoms with E-state index in [9.17, 15) is 13.2 Å². The Kier molecular flexibility index (Phi) is 3.38. The van der Waals surface area contributed by atoms with Gasteiger partial charge < -0.3 is 4.98 Å². The molecule has 0 aliphatic heterocycles. The average Bonchev–Trinajstić information content (AvgIpc) is 2.90. The minimum Gasteiger partial charge on any atom is -0.359 e. The number of hydrogen-bond donors (Lipinski definition) is 1. The lowest BCUT2D eigenvalue weighted by Gasteiger charge is -2.11. The molecule has 0 amide bonds. The molecule has 0 bridgehead atoms. The van der Waals surface area contributed by atoms with Crippen molar-refractivity contribution in [2.45, 2.75) is 13.1 Å². The SMILES string of the molecule is CC#Cc1ccc2[nH]cc(-c3ccccc3C(F)(F)F)c2n1. The van der Waals surface area contributed by atoms with Gasteiger partial charge in [-0.1, -0.05) is 24.1 Å². The second-order valence-corrected chi connectivity index (χ2v) is 4.71. The summed E-state index contributed by atoms with van der Waals surface area (Å²) >= 11 is 0. The van der Waals surface area contributed by atoms with E-state index in [-0.39, 0.29) is 5.56 Å². The highest BCUT2D eigenvalue weighted by Gasteiger charge is 2.33. The Morgan fingerprint density at radius 1 is 1.05 bits per heavy atom. The van der Waals surface area contributed by atoms with Crippen LogP contribution in [0, 0.1) is 11.8 Å². The van der Waals surface area contributed by atoms with E-state index in [1.165, 1.54) is 12.1 Å². The van der Waals surface area contributed by atoms with E-state index in [0.717, 1.165) is 6.07 Å². The first kappa shape index (κ1) is 14.2. The van der Waals surface area contributed by atoms with E-state index < -0.39 is 11.7 Å². The van der Waals surface area contributed by atoms with Gasteiger partial charge in [-0.3, -0.25) is 0 Å². The molecule has 0 saturated carbocycles. The Bertz CT molecular complexity index is 895. The summed E-state index contributed by atoms with van der Waals surface area (Å²) in [6, 6.07) is 8.98. The predicted octanol–water partition coefficient (Wildman–Crippen LogP) is 4.62. The number of halogens is 3. The quantitative estimate of drug-likeness (QED) is 0.653. The van der Waals surface area contributed by atoms with Crippen LogP contribution < -0.4 is 0 Å². The second kappa shape index (κ2) is 5.23. The fourth-order valence-corrected chi connectivity index (χ4v) is 2.37. The minimum atomic E-state index is -4.42. The Labute approximate surface area is 125 Å². The van der Waals surface area contributed by atoms with E-state index >= 15 is 0 Å². The summed E-state index contributed by atoms with van der Waals surface area (Å²) in [6.45, 7) is 1.68. The Hall–Kier alpha value is -2.74. The molecule has 0 fully saturated rings. The number of benzene rings is 1. The molecule has 2 heterocycles. The molecule has 3 rings (SSSR count). The van der Waals surface area contributed by atoms with Gasteiger partial charge in [0.2, 0.25) is 0 Å². The topological polar surface area (TPSA) is 28.7 Å². The number of pyridine rings is 1. The highest BCUT2D eigenvalue weighted by Crippen LogP contribution is 2.38. The maximum Gasteiger partial charge on any atom is 0.417 e. The number of H-pyrrole nitrogens is 1. The van der Waals surface area contributed by atoms with Crippen molar-refractivity contribution in [1.29, 1.82) is 0 Å². The third kappa shape index (κ3) is 2.44. The molecule has 0 spiro atoms. The zero-order valence-corrected chi connectivity index (χ0v) is 11.6. The minimum absolute atomic E-state index is 0.107. The summed E-state index contributed by atoms with van der Waals surface area (Å²) in [6.07, 6.45) is -2.87. The lowest BCUT2D eigenvalue weighted by atomic mass is 10.0. The first-order valence-corrected chi connectivity index (χ1v) is 6.58. The van der Waals surface area contributed by atoms with Crippen LogP contribution in [0.25, 0.3) is 22.2 Å². The number of aromatic nitrogens is 2. The van der Waals surface area contributed by atoms with Crippen LogP contribution in [0.4, 0.5) is 13.2 Å². The van der Waals surface area contributed by atoms with Crippen molar-refractivity contribution in [2.24, 2.45) is 0 Å². The summed E-state index contributed by atoms with van der Waals surface area (Å²) in [5, 5.41) is 0. The number of nitrogens with one attached hydrogen (secondary N) is 1. The third-order valence-corrected chi connectivity index (χ3v) is 3.30. The van der Waals surface area contributed by atoms with E-state index in [2.05, 4.69) is 21.8 Å². The van der Waals surface area contributed by atoms with Crippen LogP contribution in [-0.4, -0.2) is 9.97 Å². The molecule has 110 valence electrons. The van der Waals surface area contributed by atoms with Gasteiger partial charge in [0.25, 0.3) is 0 Å². The highest BCUT2D eigenvalue weighted by molar-refractivity contribution is 5.93. The molecule has 2 nitrogen and oxygen atoms in total. The number of rotatable bonds is 1. The molecule has 5 heteroatoms. The molecule has 0 aliphatic carbocycles. The standard InChI is InChI=1S/C17H11F3N2/c1-2-5-11-8-9-15-16(22-11)13(10-21-15)12-6-3-4-7-14(12)17(18,19)20/h3-4,6-10,21H,1H3. The summed E-state index contributed by atoms with van der Waals surface area (Å²) in [5.41, 5.74) is 1.54. The predicted molar refractivity (Wildman–Crippen MR) is 79.1 cm³/mol. The van der Waals surface area contributed by atoms with E-state index in [4.69, 9.17) is 0 Å². The van der Waals surface area contributed by atoms with Gasteiger partial charge in [0, 0.05) is 11.8 Å². The third-order valence-electron chi connectivity index (χ3n) is 3.30. The molecule has 3 aromatic rings. The van der Waals surface area contributed by atoms with Gasteiger partial charge in [0.1, 0.15) is 5.69 Å². The Morgan fingerprint density at radius 2 is 1.82 bits per heavy atom. The lowest BCUT2D eigenvalue weighted by molar-refractivity contribution is -0.137. The van der Waals surface area contributed by atoms with Crippen molar-refractivity contribution in [3.05, 3.63) is 53.9 Å². The van der Waals surface area contributed by atoms with Gasteiger partial charge >= 0.3 is 6.18 Å². The van der Waals surface area contributed by atoms with Crippen molar-refractivity contribution >= 4 is 11.0 Å². The molecular weight excluding hydrogens is 289 g/mol. The number of fused-ring (bicyclic) bond motifs is 1. The van der Waals surface area contributed by atoms with Crippen LogP contribution in [0.15, 0.2) is 42.6 Å². The first-order chi connectivity index (χ1) is 10.5. The number of hydrogen-bond acceptors (Lipinski definition) is 1. The molecule has 0 atom stereocenters. The molecule has 0 aliphatic rings. The van der Waals surface area contributed by atoms with E-state index in [1.54, 1.807) is 31.3 Å². The van der Waals surface area contributed by atoms with Crippen LogP contribution in [0.2, 0.25) is 0 Å². The van der Waals surface area contributed by atoms with Crippen molar-refractivity contribution in [3.8, 4) is 23.0 Å². The van der Waals surface area contributed by atoms with Gasteiger partial charge in [-0.05, 0) is 36.6 Å². The van der Waals surface area contributed by atoms with Gasteiger partial charge in [-0.25, -0.2) is 4.98 Å². The monoisotopic (exact) mass is 300 g/mol. The Balaban J connectivity index is 2.27. The van der Waals surface area contributed by atoms with Gasteiger partial charge in [-0.15, -0.1) is 0 Å². The van der Waals surface area contributed by atoms with Crippen LogP contribution in [0.5, 0.6) is 0 Å². The van der Waals surface area contributed by atoms with Gasteiger partial charge in [0.05, 0.1) is 16.6 Å². The Morgan fingerprint density at radius 3 is 2.55 bits per heavy atom. The zero-order chi connectivity index (χ0) is 15.7. The fourth-order valence-electron chi connectivity index (χ4n) is 2.37. The smallest absolute Gasteiger partial charge is 0.359 e. The summed E-state index contributed by atoms with van der Waals surface area (Å²) in [4.78, 5) is 7.31. The van der Waals surface area contributed by atoms with Crippen molar-refractivity contribution in [2.75, 3.05) is 0 Å². The molecule has 2 aromatic heterocycles. The zero-order valence-electron chi connectivity index (χ0n) is 11.6. The van der Waals surface area contributed by atoms with E-state index in [0.29, 0.717) is 22.3 Å². The molecule has 1 N–H and O–H groups in total. The van der Waals surface area contributed by atoms with Crippen LogP contribution in [-0.2, 0) is 6.18 Å². The summed E-state index contributed by atoms with van der Waals surface area (Å²) < 4.78 is 39.6. The summed E-state index contributed by atoms with van der Waals surface area (Å²) in [5.74, 6) is 5.55. The maximum absolute atomic E-state index is 13.2. The molecule has 0 unspecified atom stereocenters. The largest absolute Gasteiger partial charge is 0.417 e. The van der Waals surface area contributed by atoms with Crippen LogP contribution >= 0.6 is 0 Å². The molecule has 0 radical (unpaired) electrons. The van der Waals surface area contributed by atoms with E-state index in [1.807, 2.05) is 0 Å². The number of aromatic amines is 1. The van der Waals surface area contributed by atoms with Crippen molar-refractivity contribution in [3.63, 3.8) is 0 Å².